The van der Waals surface area contributed by atoms with E-state index in [1.54, 1.807) is 51.5 Å². The van der Waals surface area contributed by atoms with Crippen molar-refractivity contribution in [2.45, 2.75) is 24.5 Å². The molecule has 0 aromatic heterocycles. The van der Waals surface area contributed by atoms with Gasteiger partial charge in [-0.25, -0.2) is 0 Å². The van der Waals surface area contributed by atoms with Crippen LogP contribution in [0.25, 0.3) is 5.76 Å². The molecule has 2 aromatic rings. The number of carbonyl (C=O) groups is 3. The van der Waals surface area contributed by atoms with Crippen molar-refractivity contribution >= 4 is 23.2 Å². The van der Waals surface area contributed by atoms with Crippen LogP contribution in [-0.4, -0.2) is 75.6 Å². The fraction of sp³-hybridized carbons (Fsp3) is 0.300. The summed E-state index contributed by atoms with van der Waals surface area (Å²) in [5.41, 5.74) is 3.30. The fourth-order valence-electron chi connectivity index (χ4n) is 6.20. The number of nitrogens with two attached hydrogens (primary N) is 1. The highest BCUT2D eigenvalue weighted by molar-refractivity contribution is 6.24. The number of Topliss-reactive ketones (excluding diaryl/α,β-unsaturated/α-hetero) is 2. The Bertz CT molecular complexity index is 1610. The normalized spacial score (nSPS) is 25.6. The Morgan fingerprint density at radius 1 is 1.12 bits per heavy atom. The number of phenols is 1. The second kappa shape index (κ2) is 9.55. The lowest BCUT2D eigenvalue weighted by atomic mass is 9.57. The summed E-state index contributed by atoms with van der Waals surface area (Å²) >= 11 is 0. The Kier molecular flexibility index (Phi) is 6.45. The zero-order valence-electron chi connectivity index (χ0n) is 22.1. The lowest BCUT2D eigenvalue weighted by Gasteiger charge is -2.50. The number of carbonyl (C=O) groups excluding carboxylic acids is 3. The van der Waals surface area contributed by atoms with Gasteiger partial charge >= 0.3 is 0 Å². The molecule has 0 saturated heterocycles. The monoisotopic (exact) mass is 544 g/mol. The van der Waals surface area contributed by atoms with Gasteiger partial charge in [0.05, 0.1) is 18.7 Å². The number of phenolic OH excluding ortho intramolecular Hbond substituents is 1. The van der Waals surface area contributed by atoms with Crippen molar-refractivity contribution in [3.8, 4) is 23.3 Å². The van der Waals surface area contributed by atoms with E-state index in [1.165, 1.54) is 11.0 Å². The van der Waals surface area contributed by atoms with E-state index >= 15 is 0 Å². The molecule has 1 fully saturated rings. The number of rotatable bonds is 3. The van der Waals surface area contributed by atoms with E-state index in [4.69, 9.17) is 10.5 Å². The molecule has 206 valence electrons. The summed E-state index contributed by atoms with van der Waals surface area (Å²) in [5, 5.41) is 44.6. The van der Waals surface area contributed by atoms with Crippen molar-refractivity contribution in [2.75, 3.05) is 21.2 Å². The van der Waals surface area contributed by atoms with Gasteiger partial charge in [-0.15, -0.1) is 0 Å². The summed E-state index contributed by atoms with van der Waals surface area (Å²) in [5.74, 6) is -0.171. The van der Waals surface area contributed by atoms with Gasteiger partial charge in [0, 0.05) is 22.6 Å². The molecule has 1 amide bonds. The largest absolute Gasteiger partial charge is 0.508 e. The van der Waals surface area contributed by atoms with Crippen LogP contribution >= 0.6 is 0 Å². The fourth-order valence-corrected chi connectivity index (χ4v) is 6.20. The van der Waals surface area contributed by atoms with Crippen LogP contribution in [0.4, 0.5) is 0 Å². The van der Waals surface area contributed by atoms with Gasteiger partial charge in [-0.2, -0.15) is 0 Å². The molecule has 4 unspecified atom stereocenters. The standard InChI is InChI=1S/C30H28N2O8/c1-32(2)24-19-13-16-12-18-15(8-7-14-5-4-6-17(11-14)40-3)9-10-20(33)22(18)25(34)21(16)27(36)30(19,39)28(37)23(26(24)35)29(31)38/h4-6,9-11,16,19,24,33-34,37,39H,12-13H2,1-3H3,(H2,31,38). The van der Waals surface area contributed by atoms with Crippen LogP contribution in [0, 0.1) is 23.7 Å². The molecule has 10 nitrogen and oxygen atoms in total. The van der Waals surface area contributed by atoms with E-state index in [0.29, 0.717) is 22.4 Å². The molecule has 5 rings (SSSR count). The number of hydrogen-bond acceptors (Lipinski definition) is 9. The summed E-state index contributed by atoms with van der Waals surface area (Å²) in [6.07, 6.45) is 0.162. The first-order valence-corrected chi connectivity index (χ1v) is 12.6. The number of benzene rings is 2. The van der Waals surface area contributed by atoms with Gasteiger partial charge in [0.2, 0.25) is 5.78 Å². The van der Waals surface area contributed by atoms with E-state index in [2.05, 4.69) is 11.8 Å². The predicted octanol–water partition coefficient (Wildman–Crippen LogP) is 1.37. The third-order valence-electron chi connectivity index (χ3n) is 8.02. The summed E-state index contributed by atoms with van der Waals surface area (Å²) in [6.45, 7) is 0. The van der Waals surface area contributed by atoms with Gasteiger partial charge in [-0.05, 0) is 68.8 Å². The second-order valence-electron chi connectivity index (χ2n) is 10.4. The molecule has 0 aliphatic heterocycles. The number of fused-ring (bicyclic) bond motifs is 3. The number of ketones is 2. The number of hydrogen-bond donors (Lipinski definition) is 5. The van der Waals surface area contributed by atoms with E-state index in [1.807, 2.05) is 0 Å². The van der Waals surface area contributed by atoms with E-state index in [-0.39, 0.29) is 29.7 Å². The Balaban J connectivity index is 1.67. The topological polar surface area (TPSA) is 171 Å². The highest BCUT2D eigenvalue weighted by Gasteiger charge is 2.64. The maximum Gasteiger partial charge on any atom is 0.255 e. The molecule has 10 heteroatoms. The molecule has 3 aliphatic carbocycles. The average molecular weight is 545 g/mol. The first-order valence-electron chi connectivity index (χ1n) is 12.6. The minimum atomic E-state index is -2.68. The summed E-state index contributed by atoms with van der Waals surface area (Å²) in [7, 11) is 4.66. The number of aromatic hydroxyl groups is 1. The highest BCUT2D eigenvalue weighted by atomic mass is 16.5. The second-order valence-corrected chi connectivity index (χ2v) is 10.4. The van der Waals surface area contributed by atoms with Crippen molar-refractivity contribution in [3.63, 3.8) is 0 Å². The van der Waals surface area contributed by atoms with Crippen LogP contribution in [0.2, 0.25) is 0 Å². The van der Waals surface area contributed by atoms with E-state index < -0.39 is 58.0 Å². The van der Waals surface area contributed by atoms with Crippen molar-refractivity contribution in [1.29, 1.82) is 0 Å². The van der Waals surface area contributed by atoms with Gasteiger partial charge in [-0.3, -0.25) is 19.3 Å². The number of nitrogens with zero attached hydrogens (tertiary/aromatic N) is 1. The van der Waals surface area contributed by atoms with Gasteiger partial charge < -0.3 is 30.9 Å². The highest BCUT2D eigenvalue weighted by Crippen LogP contribution is 2.52. The van der Waals surface area contributed by atoms with Gasteiger partial charge in [-0.1, -0.05) is 17.9 Å². The van der Waals surface area contributed by atoms with E-state index in [9.17, 15) is 34.8 Å². The molecular weight excluding hydrogens is 516 g/mol. The molecule has 0 heterocycles. The Labute approximate surface area is 230 Å². The maximum atomic E-state index is 13.9. The Hall–Kier alpha value is -4.59. The van der Waals surface area contributed by atoms with E-state index in [0.717, 1.165) is 0 Å². The summed E-state index contributed by atoms with van der Waals surface area (Å²) < 4.78 is 5.24. The van der Waals surface area contributed by atoms with Crippen molar-refractivity contribution < 1.29 is 39.5 Å². The molecule has 4 atom stereocenters. The predicted molar refractivity (Wildman–Crippen MR) is 143 cm³/mol. The average Bonchev–Trinajstić information content (AvgIpc) is 2.90. The third-order valence-corrected chi connectivity index (χ3v) is 8.02. The smallest absolute Gasteiger partial charge is 0.255 e. The molecule has 40 heavy (non-hydrogen) atoms. The van der Waals surface area contributed by atoms with Crippen LogP contribution < -0.4 is 10.5 Å². The number of ether oxygens (including phenoxy) is 1. The van der Waals surface area contributed by atoms with Gasteiger partial charge in [0.15, 0.2) is 11.4 Å². The molecule has 3 aliphatic rings. The van der Waals surface area contributed by atoms with Gasteiger partial charge in [0.1, 0.15) is 28.6 Å². The van der Waals surface area contributed by atoms with Crippen molar-refractivity contribution in [1.82, 2.24) is 4.90 Å². The molecule has 0 spiro atoms. The van der Waals surface area contributed by atoms with Crippen LogP contribution in [0.3, 0.4) is 0 Å². The maximum absolute atomic E-state index is 13.9. The minimum Gasteiger partial charge on any atom is -0.508 e. The van der Waals surface area contributed by atoms with Crippen LogP contribution in [0.1, 0.15) is 28.7 Å². The summed E-state index contributed by atoms with van der Waals surface area (Å²) in [6, 6.07) is 8.97. The molecule has 1 saturated carbocycles. The molecule has 6 N–H and O–H groups in total. The number of aliphatic hydroxyl groups is 3. The van der Waals surface area contributed by atoms with Crippen LogP contribution in [-0.2, 0) is 20.8 Å². The van der Waals surface area contributed by atoms with Gasteiger partial charge in [0.25, 0.3) is 5.91 Å². The zero-order valence-corrected chi connectivity index (χ0v) is 22.1. The molecule has 0 bridgehead atoms. The SMILES string of the molecule is COc1cccc(C#Cc2ccc(O)c3c2CC2CC4C(N(C)C)C(=O)C(C(N)=O)=C(O)C4(O)C(=O)C2=C3O)c1. The first kappa shape index (κ1) is 27.0. The number of likely N-dealkylation sites (N-methyl/N-ethyl adjacent to an activating group) is 1. The number of aliphatic hydroxyl groups excluding tert-OH is 2. The number of methoxy groups -OCH3 is 1. The number of primary amides is 1. The quantitative estimate of drug-likeness (QED) is 0.283. The Morgan fingerprint density at radius 2 is 1.85 bits per heavy atom. The third kappa shape index (κ3) is 3.86. The minimum absolute atomic E-state index is 0.00414. The lowest BCUT2D eigenvalue weighted by molar-refractivity contribution is -0.153. The van der Waals surface area contributed by atoms with Crippen LogP contribution in [0.15, 0.2) is 53.3 Å². The lowest BCUT2D eigenvalue weighted by Crippen LogP contribution is -2.65. The van der Waals surface area contributed by atoms with Crippen LogP contribution in [0.5, 0.6) is 11.5 Å². The zero-order chi connectivity index (χ0) is 29.1. The Morgan fingerprint density at radius 3 is 2.50 bits per heavy atom. The molecule has 0 radical (unpaired) electrons. The van der Waals surface area contributed by atoms with Crippen molar-refractivity contribution in [2.24, 2.45) is 17.6 Å². The van der Waals surface area contributed by atoms with Crippen molar-refractivity contribution in [3.05, 3.63) is 75.6 Å². The molecule has 2 aromatic carbocycles. The molecular formula is C30H28N2O8. The first-order chi connectivity index (χ1) is 18.9. The summed E-state index contributed by atoms with van der Waals surface area (Å²) in [4.78, 5) is 40.6. The number of amides is 1.